The number of nitrogens with zero attached hydrogens (tertiary/aromatic N) is 3. The molecule has 2 rings (SSSR count). The number of hydrogen-bond donors (Lipinski definition) is 0. The van der Waals surface area contributed by atoms with E-state index >= 15 is 0 Å². The Morgan fingerprint density at radius 3 is 3.00 bits per heavy atom. The van der Waals surface area contributed by atoms with Crippen molar-refractivity contribution >= 4 is 21.7 Å². The summed E-state index contributed by atoms with van der Waals surface area (Å²) < 4.78 is 1.12. The number of likely N-dealkylation sites (N-methyl/N-ethyl adjacent to an activating group) is 2. The highest BCUT2D eigenvalue weighted by atomic mass is 79.9. The number of rotatable bonds is 2. The Kier molecular flexibility index (Phi) is 4.05. The van der Waals surface area contributed by atoms with Gasteiger partial charge < -0.3 is 9.80 Å². The fourth-order valence-electron chi connectivity index (χ4n) is 2.40. The standard InChI is InChI=1S/C13H20BrN3/c1-10-6-7-15-13(12(10)14)17(3)11-5-4-8-16(2)9-11/h6-7,11H,4-5,8-9H2,1-3H3. The van der Waals surface area contributed by atoms with Gasteiger partial charge in [0.1, 0.15) is 5.82 Å². The van der Waals surface area contributed by atoms with Crippen molar-refractivity contribution in [2.45, 2.75) is 25.8 Å². The molecular weight excluding hydrogens is 278 g/mol. The summed E-state index contributed by atoms with van der Waals surface area (Å²) in [5.41, 5.74) is 1.24. The molecule has 1 unspecified atom stereocenters. The van der Waals surface area contributed by atoms with E-state index < -0.39 is 0 Å². The number of hydrogen-bond acceptors (Lipinski definition) is 3. The highest BCUT2D eigenvalue weighted by Gasteiger charge is 2.23. The lowest BCUT2D eigenvalue weighted by molar-refractivity contribution is 0.247. The van der Waals surface area contributed by atoms with Crippen LogP contribution < -0.4 is 4.90 Å². The molecule has 0 aromatic carbocycles. The van der Waals surface area contributed by atoms with Crippen molar-refractivity contribution in [3.05, 3.63) is 22.3 Å². The van der Waals surface area contributed by atoms with Crippen molar-refractivity contribution in [2.75, 3.05) is 32.1 Å². The maximum absolute atomic E-state index is 4.50. The topological polar surface area (TPSA) is 19.4 Å². The molecule has 1 aromatic rings. The van der Waals surface area contributed by atoms with Gasteiger partial charge in [-0.2, -0.15) is 0 Å². The van der Waals surface area contributed by atoms with E-state index in [0.717, 1.165) is 16.8 Å². The Labute approximate surface area is 112 Å². The molecule has 0 bridgehead atoms. The summed E-state index contributed by atoms with van der Waals surface area (Å²) in [6, 6.07) is 2.60. The maximum Gasteiger partial charge on any atom is 0.143 e. The minimum atomic E-state index is 0.569. The average molecular weight is 298 g/mol. The van der Waals surface area contributed by atoms with Gasteiger partial charge in [-0.15, -0.1) is 0 Å². The van der Waals surface area contributed by atoms with Crippen molar-refractivity contribution in [1.82, 2.24) is 9.88 Å². The van der Waals surface area contributed by atoms with Gasteiger partial charge >= 0.3 is 0 Å². The molecular formula is C13H20BrN3. The summed E-state index contributed by atoms with van der Waals surface area (Å²) in [5.74, 6) is 1.06. The minimum Gasteiger partial charge on any atom is -0.354 e. The van der Waals surface area contributed by atoms with Gasteiger partial charge in [0.2, 0.25) is 0 Å². The molecule has 2 heterocycles. The first kappa shape index (κ1) is 12.8. The fourth-order valence-corrected chi connectivity index (χ4v) is 2.91. The molecule has 94 valence electrons. The molecule has 1 aromatic heterocycles. The molecule has 0 spiro atoms. The monoisotopic (exact) mass is 297 g/mol. The lowest BCUT2D eigenvalue weighted by Crippen LogP contribution is -2.45. The van der Waals surface area contributed by atoms with Gasteiger partial charge in [-0.3, -0.25) is 0 Å². The zero-order valence-corrected chi connectivity index (χ0v) is 12.4. The van der Waals surface area contributed by atoms with Crippen LogP contribution in [0, 0.1) is 6.92 Å². The van der Waals surface area contributed by atoms with E-state index in [1.807, 2.05) is 12.3 Å². The predicted octanol–water partition coefficient (Wildman–Crippen LogP) is 2.68. The molecule has 0 N–H and O–H groups in total. The summed E-state index contributed by atoms with van der Waals surface area (Å²) in [6.45, 7) is 4.45. The molecule has 1 saturated heterocycles. The number of likely N-dealkylation sites (tertiary alicyclic amines) is 1. The van der Waals surface area contributed by atoms with E-state index in [1.54, 1.807) is 0 Å². The summed E-state index contributed by atoms with van der Waals surface area (Å²) in [4.78, 5) is 9.21. The number of halogens is 1. The van der Waals surface area contributed by atoms with Crippen molar-refractivity contribution in [3.63, 3.8) is 0 Å². The zero-order valence-electron chi connectivity index (χ0n) is 10.8. The van der Waals surface area contributed by atoms with Gasteiger partial charge in [-0.05, 0) is 60.9 Å². The van der Waals surface area contributed by atoms with Crippen LogP contribution in [0.1, 0.15) is 18.4 Å². The molecule has 0 saturated carbocycles. The molecule has 0 amide bonds. The van der Waals surface area contributed by atoms with Crippen molar-refractivity contribution in [3.8, 4) is 0 Å². The van der Waals surface area contributed by atoms with Crippen LogP contribution in [0.5, 0.6) is 0 Å². The Bertz CT molecular complexity index is 394. The third kappa shape index (κ3) is 2.80. The van der Waals surface area contributed by atoms with Crippen LogP contribution in [0.4, 0.5) is 5.82 Å². The normalized spacial score (nSPS) is 21.5. The van der Waals surface area contributed by atoms with E-state index in [-0.39, 0.29) is 0 Å². The molecule has 4 heteroatoms. The van der Waals surface area contributed by atoms with Crippen LogP contribution in [0.25, 0.3) is 0 Å². The molecule has 1 aliphatic heterocycles. The SMILES string of the molecule is Cc1ccnc(N(C)C2CCCN(C)C2)c1Br. The molecule has 3 nitrogen and oxygen atoms in total. The lowest BCUT2D eigenvalue weighted by Gasteiger charge is -2.36. The summed E-state index contributed by atoms with van der Waals surface area (Å²) in [6.07, 6.45) is 4.41. The third-order valence-corrected chi connectivity index (χ3v) is 4.53. The highest BCUT2D eigenvalue weighted by Crippen LogP contribution is 2.28. The van der Waals surface area contributed by atoms with E-state index in [0.29, 0.717) is 6.04 Å². The summed E-state index contributed by atoms with van der Waals surface area (Å²) >= 11 is 3.64. The number of piperidine rings is 1. The first-order chi connectivity index (χ1) is 8.09. The largest absolute Gasteiger partial charge is 0.354 e. The Balaban J connectivity index is 2.18. The van der Waals surface area contributed by atoms with Gasteiger partial charge in [0, 0.05) is 25.8 Å². The molecule has 1 atom stereocenters. The first-order valence-electron chi connectivity index (χ1n) is 6.12. The van der Waals surface area contributed by atoms with Crippen LogP contribution in [0.2, 0.25) is 0 Å². The average Bonchev–Trinajstić information content (AvgIpc) is 2.32. The van der Waals surface area contributed by atoms with Crippen LogP contribution in [0.15, 0.2) is 16.7 Å². The summed E-state index contributed by atoms with van der Waals surface area (Å²) in [5, 5.41) is 0. The fraction of sp³-hybridized carbons (Fsp3) is 0.615. The Hall–Kier alpha value is -0.610. The zero-order chi connectivity index (χ0) is 12.4. The van der Waals surface area contributed by atoms with Crippen LogP contribution in [-0.2, 0) is 0 Å². The van der Waals surface area contributed by atoms with Crippen LogP contribution in [0.3, 0.4) is 0 Å². The third-order valence-electron chi connectivity index (χ3n) is 3.55. The second-order valence-corrected chi connectivity index (χ2v) is 5.73. The molecule has 1 aliphatic rings. The lowest BCUT2D eigenvalue weighted by atomic mass is 10.1. The minimum absolute atomic E-state index is 0.569. The van der Waals surface area contributed by atoms with Gasteiger partial charge in [0.15, 0.2) is 0 Å². The van der Waals surface area contributed by atoms with E-state index in [4.69, 9.17) is 0 Å². The van der Waals surface area contributed by atoms with Crippen LogP contribution >= 0.6 is 15.9 Å². The first-order valence-corrected chi connectivity index (χ1v) is 6.91. The number of aryl methyl sites for hydroxylation is 1. The van der Waals surface area contributed by atoms with Crippen molar-refractivity contribution in [1.29, 1.82) is 0 Å². The second kappa shape index (κ2) is 5.36. The van der Waals surface area contributed by atoms with Gasteiger partial charge in [0.25, 0.3) is 0 Å². The van der Waals surface area contributed by atoms with Gasteiger partial charge in [0.05, 0.1) is 4.47 Å². The van der Waals surface area contributed by atoms with Crippen LogP contribution in [-0.4, -0.2) is 43.1 Å². The molecule has 1 fully saturated rings. The summed E-state index contributed by atoms with van der Waals surface area (Å²) in [7, 11) is 4.34. The quantitative estimate of drug-likeness (QED) is 0.837. The predicted molar refractivity (Wildman–Crippen MR) is 75.6 cm³/mol. The van der Waals surface area contributed by atoms with Gasteiger partial charge in [-0.1, -0.05) is 0 Å². The van der Waals surface area contributed by atoms with Crippen molar-refractivity contribution in [2.24, 2.45) is 0 Å². The number of anilines is 1. The number of aromatic nitrogens is 1. The highest BCUT2D eigenvalue weighted by molar-refractivity contribution is 9.10. The molecule has 17 heavy (non-hydrogen) atoms. The Morgan fingerprint density at radius 1 is 1.53 bits per heavy atom. The second-order valence-electron chi connectivity index (χ2n) is 4.93. The van der Waals surface area contributed by atoms with Gasteiger partial charge in [-0.25, -0.2) is 4.98 Å². The smallest absolute Gasteiger partial charge is 0.143 e. The van der Waals surface area contributed by atoms with E-state index in [1.165, 1.54) is 24.9 Å². The number of pyridine rings is 1. The Morgan fingerprint density at radius 2 is 2.29 bits per heavy atom. The van der Waals surface area contributed by atoms with E-state index in [2.05, 4.69) is 51.7 Å². The molecule has 0 aliphatic carbocycles. The maximum atomic E-state index is 4.50. The van der Waals surface area contributed by atoms with Crippen molar-refractivity contribution < 1.29 is 0 Å². The van der Waals surface area contributed by atoms with E-state index in [9.17, 15) is 0 Å². The molecule has 0 radical (unpaired) electrons.